The fraction of sp³-hybridized carbons (Fsp3) is 0.412. The highest BCUT2D eigenvalue weighted by atomic mass is 79.9. The molecule has 0 atom stereocenters. The molecule has 0 aliphatic rings. The molecule has 0 radical (unpaired) electrons. The van der Waals surface area contributed by atoms with Gasteiger partial charge in [-0.3, -0.25) is 0 Å². The van der Waals surface area contributed by atoms with Crippen molar-refractivity contribution in [3.8, 4) is 0 Å². The van der Waals surface area contributed by atoms with Gasteiger partial charge in [-0.2, -0.15) is 0 Å². The molecule has 1 aromatic carbocycles. The minimum atomic E-state index is 0.659. The summed E-state index contributed by atoms with van der Waals surface area (Å²) < 4.78 is 6.88. The zero-order valence-electron chi connectivity index (χ0n) is 12.6. The molecule has 0 unspecified atom stereocenters. The molecule has 2 rings (SSSR count). The number of halogens is 1. The third kappa shape index (κ3) is 6.30. The van der Waals surface area contributed by atoms with Crippen molar-refractivity contribution in [1.29, 1.82) is 0 Å². The van der Waals surface area contributed by atoms with Crippen molar-refractivity contribution in [2.24, 2.45) is 5.92 Å². The van der Waals surface area contributed by atoms with Gasteiger partial charge in [0, 0.05) is 20.8 Å². The highest BCUT2D eigenvalue weighted by Gasteiger charge is 2.02. The van der Waals surface area contributed by atoms with E-state index in [0.717, 1.165) is 17.6 Å². The Labute approximate surface area is 139 Å². The van der Waals surface area contributed by atoms with Gasteiger partial charge in [-0.05, 0) is 42.3 Å². The Morgan fingerprint density at radius 2 is 1.76 bits per heavy atom. The molecular formula is C17H22BrNOS. The van der Waals surface area contributed by atoms with Gasteiger partial charge in [0.15, 0.2) is 0 Å². The maximum atomic E-state index is 5.78. The van der Waals surface area contributed by atoms with Crippen LogP contribution in [0.5, 0.6) is 0 Å². The second kappa shape index (κ2) is 8.69. The molecule has 0 aliphatic heterocycles. The molecular weight excluding hydrogens is 346 g/mol. The van der Waals surface area contributed by atoms with Crippen LogP contribution in [-0.2, 0) is 24.5 Å². The first-order valence-electron chi connectivity index (χ1n) is 7.24. The number of rotatable bonds is 8. The molecule has 0 bridgehead atoms. The van der Waals surface area contributed by atoms with Crippen LogP contribution in [0.2, 0.25) is 0 Å². The van der Waals surface area contributed by atoms with Crippen molar-refractivity contribution >= 4 is 27.3 Å². The van der Waals surface area contributed by atoms with Crippen molar-refractivity contribution in [2.45, 2.75) is 33.6 Å². The van der Waals surface area contributed by atoms with Crippen LogP contribution >= 0.6 is 27.3 Å². The molecule has 114 valence electrons. The molecule has 0 saturated carbocycles. The van der Waals surface area contributed by atoms with Crippen LogP contribution in [0.4, 0.5) is 0 Å². The minimum Gasteiger partial charge on any atom is -0.371 e. The Balaban J connectivity index is 1.71. The smallest absolute Gasteiger partial charge is 0.0814 e. The third-order valence-corrected chi connectivity index (χ3v) is 4.58. The molecule has 1 aromatic heterocycles. The van der Waals surface area contributed by atoms with Gasteiger partial charge in [0.25, 0.3) is 0 Å². The Bertz CT molecular complexity index is 536. The Morgan fingerprint density at radius 3 is 2.48 bits per heavy atom. The predicted octanol–water partition coefficient (Wildman–Crippen LogP) is 4.97. The average Bonchev–Trinajstić information content (AvgIpc) is 2.88. The van der Waals surface area contributed by atoms with E-state index in [2.05, 4.69) is 59.4 Å². The molecule has 21 heavy (non-hydrogen) atoms. The lowest BCUT2D eigenvalue weighted by molar-refractivity contribution is 0.109. The van der Waals surface area contributed by atoms with E-state index in [4.69, 9.17) is 4.74 Å². The summed E-state index contributed by atoms with van der Waals surface area (Å²) in [6.45, 7) is 7.81. The lowest BCUT2D eigenvalue weighted by Gasteiger charge is -2.05. The quantitative estimate of drug-likeness (QED) is 0.710. The van der Waals surface area contributed by atoms with Gasteiger partial charge >= 0.3 is 0 Å². The van der Waals surface area contributed by atoms with E-state index >= 15 is 0 Å². The zero-order chi connectivity index (χ0) is 15.1. The van der Waals surface area contributed by atoms with Gasteiger partial charge in [0.1, 0.15) is 0 Å². The SMILES string of the molecule is CC(C)CNCc1ccc(COCc2ccc(Br)cc2)s1. The van der Waals surface area contributed by atoms with Gasteiger partial charge in [0.05, 0.1) is 13.2 Å². The van der Waals surface area contributed by atoms with Crippen LogP contribution in [0.1, 0.15) is 29.2 Å². The first-order valence-corrected chi connectivity index (χ1v) is 8.85. The van der Waals surface area contributed by atoms with E-state index < -0.39 is 0 Å². The van der Waals surface area contributed by atoms with Gasteiger partial charge in [-0.25, -0.2) is 0 Å². The first-order chi connectivity index (χ1) is 10.1. The van der Waals surface area contributed by atoms with Crippen molar-refractivity contribution in [3.05, 3.63) is 56.2 Å². The minimum absolute atomic E-state index is 0.659. The van der Waals surface area contributed by atoms with Crippen LogP contribution in [0.25, 0.3) is 0 Å². The molecule has 1 heterocycles. The summed E-state index contributed by atoms with van der Waals surface area (Å²) in [7, 11) is 0. The maximum Gasteiger partial charge on any atom is 0.0814 e. The maximum absolute atomic E-state index is 5.78. The van der Waals surface area contributed by atoms with E-state index in [-0.39, 0.29) is 0 Å². The van der Waals surface area contributed by atoms with Crippen LogP contribution in [-0.4, -0.2) is 6.54 Å². The Hall–Kier alpha value is -0.680. The molecule has 0 saturated heterocycles. The van der Waals surface area contributed by atoms with Crippen LogP contribution in [0.3, 0.4) is 0 Å². The zero-order valence-corrected chi connectivity index (χ0v) is 15.0. The number of hydrogen-bond donors (Lipinski definition) is 1. The van der Waals surface area contributed by atoms with Crippen LogP contribution in [0.15, 0.2) is 40.9 Å². The van der Waals surface area contributed by atoms with Gasteiger partial charge in [0.2, 0.25) is 0 Å². The normalized spacial score (nSPS) is 11.2. The number of benzene rings is 1. The number of hydrogen-bond acceptors (Lipinski definition) is 3. The van der Waals surface area contributed by atoms with Crippen molar-refractivity contribution in [1.82, 2.24) is 5.32 Å². The lowest BCUT2D eigenvalue weighted by atomic mass is 10.2. The summed E-state index contributed by atoms with van der Waals surface area (Å²) >= 11 is 5.26. The second-order valence-electron chi connectivity index (χ2n) is 5.51. The van der Waals surface area contributed by atoms with Crippen LogP contribution in [0, 0.1) is 5.92 Å². The first kappa shape index (κ1) is 16.7. The number of ether oxygens (including phenoxy) is 1. The van der Waals surface area contributed by atoms with E-state index in [0.29, 0.717) is 19.1 Å². The number of thiophene rings is 1. The van der Waals surface area contributed by atoms with E-state index in [1.165, 1.54) is 15.3 Å². The third-order valence-electron chi connectivity index (χ3n) is 3.00. The molecule has 0 aliphatic carbocycles. The molecule has 1 N–H and O–H groups in total. The number of nitrogens with one attached hydrogen (secondary N) is 1. The molecule has 0 amide bonds. The summed E-state index contributed by atoms with van der Waals surface area (Å²) in [5.41, 5.74) is 1.20. The van der Waals surface area contributed by atoms with E-state index in [9.17, 15) is 0 Å². The summed E-state index contributed by atoms with van der Waals surface area (Å²) in [5.74, 6) is 0.693. The second-order valence-corrected chi connectivity index (χ2v) is 7.68. The molecule has 2 aromatic rings. The Kier molecular flexibility index (Phi) is 6.90. The van der Waals surface area contributed by atoms with Crippen molar-refractivity contribution < 1.29 is 4.74 Å². The monoisotopic (exact) mass is 367 g/mol. The summed E-state index contributed by atoms with van der Waals surface area (Å²) in [6.07, 6.45) is 0. The average molecular weight is 368 g/mol. The predicted molar refractivity (Wildman–Crippen MR) is 93.5 cm³/mol. The summed E-state index contributed by atoms with van der Waals surface area (Å²) in [6, 6.07) is 12.6. The molecule has 4 heteroatoms. The topological polar surface area (TPSA) is 21.3 Å². The van der Waals surface area contributed by atoms with E-state index in [1.807, 2.05) is 23.5 Å². The Morgan fingerprint density at radius 1 is 1.05 bits per heavy atom. The van der Waals surface area contributed by atoms with E-state index in [1.54, 1.807) is 0 Å². The van der Waals surface area contributed by atoms with Gasteiger partial charge in [-0.1, -0.05) is 41.9 Å². The van der Waals surface area contributed by atoms with Crippen molar-refractivity contribution in [3.63, 3.8) is 0 Å². The largest absolute Gasteiger partial charge is 0.371 e. The highest BCUT2D eigenvalue weighted by Crippen LogP contribution is 2.18. The highest BCUT2D eigenvalue weighted by molar-refractivity contribution is 9.10. The fourth-order valence-corrected chi connectivity index (χ4v) is 3.12. The van der Waals surface area contributed by atoms with Crippen molar-refractivity contribution in [2.75, 3.05) is 6.54 Å². The standard InChI is InChI=1S/C17H22BrNOS/c1-13(2)9-19-10-16-7-8-17(21-16)12-20-11-14-3-5-15(18)6-4-14/h3-8,13,19H,9-12H2,1-2H3. The van der Waals surface area contributed by atoms with Crippen LogP contribution < -0.4 is 5.32 Å². The molecule has 0 fully saturated rings. The fourth-order valence-electron chi connectivity index (χ4n) is 1.93. The molecule has 0 spiro atoms. The lowest BCUT2D eigenvalue weighted by Crippen LogP contribution is -2.18. The summed E-state index contributed by atoms with van der Waals surface area (Å²) in [4.78, 5) is 2.66. The molecule has 2 nitrogen and oxygen atoms in total. The van der Waals surface area contributed by atoms with Gasteiger partial charge < -0.3 is 10.1 Å². The summed E-state index contributed by atoms with van der Waals surface area (Å²) in [5, 5.41) is 3.47. The van der Waals surface area contributed by atoms with Gasteiger partial charge in [-0.15, -0.1) is 11.3 Å².